The predicted molar refractivity (Wildman–Crippen MR) is 40.1 cm³/mol. The standard InChI is InChI=1S/C8H14O3/c9-5-7(10)3-4-8(11)6-1-2-6/h6-7,9-10H,1-5H2. The van der Waals surface area contributed by atoms with E-state index in [2.05, 4.69) is 0 Å². The largest absolute Gasteiger partial charge is 0.394 e. The van der Waals surface area contributed by atoms with Gasteiger partial charge in [-0.15, -0.1) is 0 Å². The van der Waals surface area contributed by atoms with Crippen LogP contribution in [0.3, 0.4) is 0 Å². The lowest BCUT2D eigenvalue weighted by Gasteiger charge is -2.04. The summed E-state index contributed by atoms with van der Waals surface area (Å²) >= 11 is 0. The molecule has 64 valence electrons. The Kier molecular flexibility index (Phi) is 3.02. The molecule has 0 amide bonds. The van der Waals surface area contributed by atoms with Gasteiger partial charge in [-0.1, -0.05) is 0 Å². The maximum absolute atomic E-state index is 11.0. The molecule has 1 atom stereocenters. The van der Waals surface area contributed by atoms with Gasteiger partial charge in [0, 0.05) is 12.3 Å². The van der Waals surface area contributed by atoms with Gasteiger partial charge >= 0.3 is 0 Å². The molecule has 3 heteroatoms. The number of aliphatic hydroxyl groups is 2. The minimum atomic E-state index is -0.710. The second kappa shape index (κ2) is 3.83. The monoisotopic (exact) mass is 158 g/mol. The third kappa shape index (κ3) is 2.99. The van der Waals surface area contributed by atoms with Crippen molar-refractivity contribution in [2.75, 3.05) is 6.61 Å². The van der Waals surface area contributed by atoms with Gasteiger partial charge in [0.25, 0.3) is 0 Å². The smallest absolute Gasteiger partial charge is 0.136 e. The molecule has 1 saturated carbocycles. The van der Waals surface area contributed by atoms with Crippen LogP contribution in [0.1, 0.15) is 25.7 Å². The number of carbonyl (C=O) groups is 1. The van der Waals surface area contributed by atoms with E-state index in [-0.39, 0.29) is 18.3 Å². The van der Waals surface area contributed by atoms with Gasteiger partial charge in [0.1, 0.15) is 5.78 Å². The van der Waals surface area contributed by atoms with E-state index in [1.54, 1.807) is 0 Å². The maximum atomic E-state index is 11.0. The molecule has 0 aliphatic heterocycles. The first-order valence-electron chi connectivity index (χ1n) is 4.05. The summed E-state index contributed by atoms with van der Waals surface area (Å²) in [6.45, 7) is -0.238. The molecule has 1 aliphatic carbocycles. The fraction of sp³-hybridized carbons (Fsp3) is 0.875. The average molecular weight is 158 g/mol. The second-order valence-electron chi connectivity index (χ2n) is 3.12. The zero-order chi connectivity index (χ0) is 8.27. The van der Waals surface area contributed by atoms with Crippen molar-refractivity contribution in [2.45, 2.75) is 31.8 Å². The molecule has 1 fully saturated rings. The van der Waals surface area contributed by atoms with Crippen molar-refractivity contribution < 1.29 is 15.0 Å². The molecular weight excluding hydrogens is 144 g/mol. The molecule has 0 aromatic heterocycles. The van der Waals surface area contributed by atoms with Crippen molar-refractivity contribution in [1.82, 2.24) is 0 Å². The Bertz CT molecular complexity index is 140. The zero-order valence-corrected chi connectivity index (χ0v) is 6.49. The van der Waals surface area contributed by atoms with E-state index >= 15 is 0 Å². The first-order chi connectivity index (χ1) is 5.24. The maximum Gasteiger partial charge on any atom is 0.136 e. The number of ketones is 1. The highest BCUT2D eigenvalue weighted by Crippen LogP contribution is 2.31. The number of rotatable bonds is 5. The van der Waals surface area contributed by atoms with Crippen LogP contribution in [0.4, 0.5) is 0 Å². The molecule has 0 spiro atoms. The molecular formula is C8H14O3. The fourth-order valence-corrected chi connectivity index (χ4v) is 1.01. The highest BCUT2D eigenvalue weighted by Gasteiger charge is 2.28. The minimum Gasteiger partial charge on any atom is -0.394 e. The van der Waals surface area contributed by atoms with Crippen LogP contribution in [-0.2, 0) is 4.79 Å². The summed E-state index contributed by atoms with van der Waals surface area (Å²) in [6.07, 6.45) is 2.16. The number of carbonyl (C=O) groups excluding carboxylic acids is 1. The topological polar surface area (TPSA) is 57.5 Å². The van der Waals surface area contributed by atoms with Crippen LogP contribution >= 0.6 is 0 Å². The fourth-order valence-electron chi connectivity index (χ4n) is 1.01. The van der Waals surface area contributed by atoms with Gasteiger partial charge in [-0.25, -0.2) is 0 Å². The van der Waals surface area contributed by atoms with Gasteiger partial charge < -0.3 is 10.2 Å². The summed E-state index contributed by atoms with van der Waals surface area (Å²) < 4.78 is 0. The van der Waals surface area contributed by atoms with E-state index in [0.29, 0.717) is 12.8 Å². The van der Waals surface area contributed by atoms with Gasteiger partial charge in [0.2, 0.25) is 0 Å². The van der Waals surface area contributed by atoms with E-state index < -0.39 is 6.10 Å². The van der Waals surface area contributed by atoms with Gasteiger partial charge in [0.05, 0.1) is 12.7 Å². The molecule has 2 N–H and O–H groups in total. The van der Waals surface area contributed by atoms with Crippen molar-refractivity contribution in [3.8, 4) is 0 Å². The molecule has 0 bridgehead atoms. The average Bonchev–Trinajstić information content (AvgIpc) is 2.81. The highest BCUT2D eigenvalue weighted by atomic mass is 16.3. The van der Waals surface area contributed by atoms with Crippen molar-refractivity contribution in [2.24, 2.45) is 5.92 Å². The lowest BCUT2D eigenvalue weighted by atomic mass is 10.1. The minimum absolute atomic E-state index is 0.238. The van der Waals surface area contributed by atoms with Crippen LogP contribution in [-0.4, -0.2) is 28.7 Å². The summed E-state index contributed by atoms with van der Waals surface area (Å²) in [5, 5.41) is 17.3. The lowest BCUT2D eigenvalue weighted by molar-refractivity contribution is -0.120. The van der Waals surface area contributed by atoms with Crippen LogP contribution in [0.5, 0.6) is 0 Å². The van der Waals surface area contributed by atoms with Gasteiger partial charge in [-0.05, 0) is 19.3 Å². The quantitative estimate of drug-likeness (QED) is 0.596. The van der Waals surface area contributed by atoms with Gasteiger partial charge in [-0.2, -0.15) is 0 Å². The van der Waals surface area contributed by atoms with Crippen LogP contribution in [0.2, 0.25) is 0 Å². The van der Waals surface area contributed by atoms with E-state index in [4.69, 9.17) is 10.2 Å². The van der Waals surface area contributed by atoms with Crippen LogP contribution in [0.15, 0.2) is 0 Å². The third-order valence-electron chi connectivity index (χ3n) is 1.97. The first kappa shape index (κ1) is 8.68. The molecule has 1 rings (SSSR count). The van der Waals surface area contributed by atoms with E-state index in [1.807, 2.05) is 0 Å². The number of Topliss-reactive ketones (excluding diaryl/α,β-unsaturated/α-hetero) is 1. The molecule has 0 heterocycles. The first-order valence-corrected chi connectivity index (χ1v) is 4.05. The van der Waals surface area contributed by atoms with Crippen LogP contribution < -0.4 is 0 Å². The summed E-state index contributed by atoms with van der Waals surface area (Å²) in [6, 6.07) is 0. The van der Waals surface area contributed by atoms with E-state index in [9.17, 15) is 4.79 Å². The third-order valence-corrected chi connectivity index (χ3v) is 1.97. The van der Waals surface area contributed by atoms with Crippen LogP contribution in [0, 0.1) is 5.92 Å². The SMILES string of the molecule is O=C(CCC(O)CO)C1CC1. The summed E-state index contributed by atoms with van der Waals surface area (Å²) in [4.78, 5) is 11.0. The summed E-state index contributed by atoms with van der Waals surface area (Å²) in [5.41, 5.74) is 0. The van der Waals surface area contributed by atoms with Crippen molar-refractivity contribution >= 4 is 5.78 Å². The molecule has 11 heavy (non-hydrogen) atoms. The molecule has 0 saturated heterocycles. The van der Waals surface area contributed by atoms with Crippen molar-refractivity contribution in [3.63, 3.8) is 0 Å². The molecule has 1 aliphatic rings. The van der Waals surface area contributed by atoms with E-state index in [0.717, 1.165) is 12.8 Å². The second-order valence-corrected chi connectivity index (χ2v) is 3.12. The molecule has 3 nitrogen and oxygen atoms in total. The lowest BCUT2D eigenvalue weighted by Crippen LogP contribution is -2.14. The highest BCUT2D eigenvalue weighted by molar-refractivity contribution is 5.83. The summed E-state index contributed by atoms with van der Waals surface area (Å²) in [7, 11) is 0. The van der Waals surface area contributed by atoms with Crippen LogP contribution in [0.25, 0.3) is 0 Å². The number of aliphatic hydroxyl groups excluding tert-OH is 2. The Morgan fingerprint density at radius 2 is 2.18 bits per heavy atom. The van der Waals surface area contributed by atoms with E-state index in [1.165, 1.54) is 0 Å². The Labute approximate surface area is 66.0 Å². The Hall–Kier alpha value is -0.410. The molecule has 0 aromatic carbocycles. The zero-order valence-electron chi connectivity index (χ0n) is 6.49. The number of hydrogen-bond acceptors (Lipinski definition) is 3. The Morgan fingerprint density at radius 1 is 1.55 bits per heavy atom. The normalized spacial score (nSPS) is 19.8. The van der Waals surface area contributed by atoms with Gasteiger partial charge in [-0.3, -0.25) is 4.79 Å². The molecule has 0 radical (unpaired) electrons. The number of hydrogen-bond donors (Lipinski definition) is 2. The Balaban J connectivity index is 2.05. The summed E-state index contributed by atoms with van der Waals surface area (Å²) in [5.74, 6) is 0.526. The molecule has 1 unspecified atom stereocenters. The predicted octanol–water partition coefficient (Wildman–Crippen LogP) is 0.0989. The Morgan fingerprint density at radius 3 is 2.64 bits per heavy atom. The molecule has 0 aromatic rings. The van der Waals surface area contributed by atoms with Gasteiger partial charge in [0.15, 0.2) is 0 Å². The van der Waals surface area contributed by atoms with Crippen molar-refractivity contribution in [3.05, 3.63) is 0 Å². The van der Waals surface area contributed by atoms with Crippen molar-refractivity contribution in [1.29, 1.82) is 0 Å².